The molecule has 0 spiro atoms. The zero-order chi connectivity index (χ0) is 29.7. The van der Waals surface area contributed by atoms with Crippen LogP contribution in [-0.2, 0) is 24.7 Å². The summed E-state index contributed by atoms with van der Waals surface area (Å²) in [6.45, 7) is 8.79. The van der Waals surface area contributed by atoms with Gasteiger partial charge in [-0.2, -0.15) is 13.2 Å². The van der Waals surface area contributed by atoms with Crippen molar-refractivity contribution in [3.63, 3.8) is 0 Å². The van der Waals surface area contributed by atoms with Crippen LogP contribution >= 0.6 is 0 Å². The number of alkyl halides is 3. The lowest BCUT2D eigenvalue weighted by molar-refractivity contribution is -0.138. The van der Waals surface area contributed by atoms with E-state index in [9.17, 15) is 22.8 Å². The molecule has 4 heterocycles. The molecule has 1 saturated carbocycles. The van der Waals surface area contributed by atoms with E-state index in [1.165, 1.54) is 11.9 Å². The van der Waals surface area contributed by atoms with Gasteiger partial charge in [0.05, 0.1) is 11.8 Å². The Morgan fingerprint density at radius 1 is 1.27 bits per heavy atom. The number of aromatic nitrogens is 4. The molecule has 0 radical (unpaired) electrons. The summed E-state index contributed by atoms with van der Waals surface area (Å²) in [5, 5.41) is 2.40. The molecule has 5 rings (SSSR count). The summed E-state index contributed by atoms with van der Waals surface area (Å²) < 4.78 is 48.3. The summed E-state index contributed by atoms with van der Waals surface area (Å²) in [5.41, 5.74) is -0.562. The SMILES string of the molecule is CN(C(=O)Nc1cc(C(F)(F)F)cn(C)c1=O)[C@@H]1C[C@@H]2C[C@H]1CN2c1cnc2c(ccn2COCC[Si](C)(C)C)n1. The standard InChI is InChI=1S/C27H36F3N7O3Si/c1-34-15-18(27(28,29)30)11-21(25(34)38)33-26(39)35(2)22-12-19-10-17(22)14-37(19)23-13-31-24-20(32-23)6-7-36(24)16-40-8-9-41(3,4)5/h6-7,11,13,15,17,19,22H,8-10,12,14,16H2,1-5H3,(H,33,39)/t17-,19-,22+/m0/s1. The molecule has 3 atom stereocenters. The number of nitrogens with zero attached hydrogens (tertiary/aromatic N) is 6. The quantitative estimate of drug-likeness (QED) is 0.304. The Morgan fingerprint density at radius 2 is 2.02 bits per heavy atom. The van der Waals surface area contributed by atoms with Crippen LogP contribution in [0, 0.1) is 5.92 Å². The second-order valence-corrected chi connectivity index (χ2v) is 17.9. The number of hydrogen-bond donors (Lipinski definition) is 1. The van der Waals surface area contributed by atoms with Gasteiger partial charge in [0.25, 0.3) is 5.56 Å². The van der Waals surface area contributed by atoms with Crippen LogP contribution in [0.4, 0.5) is 29.5 Å². The average molecular weight is 592 g/mol. The van der Waals surface area contributed by atoms with Crippen molar-refractivity contribution in [1.29, 1.82) is 0 Å². The lowest BCUT2D eigenvalue weighted by Gasteiger charge is -2.36. The van der Waals surface area contributed by atoms with Crippen LogP contribution in [0.2, 0.25) is 25.7 Å². The number of hydrogen-bond acceptors (Lipinski definition) is 6. The van der Waals surface area contributed by atoms with Gasteiger partial charge in [-0.25, -0.2) is 14.8 Å². The zero-order valence-electron chi connectivity index (χ0n) is 23.9. The zero-order valence-corrected chi connectivity index (χ0v) is 24.9. The van der Waals surface area contributed by atoms with Crippen molar-refractivity contribution in [2.75, 3.05) is 30.4 Å². The van der Waals surface area contributed by atoms with Gasteiger partial charge in [0.15, 0.2) is 5.65 Å². The molecule has 0 aromatic carbocycles. The van der Waals surface area contributed by atoms with Gasteiger partial charge in [0, 0.05) is 59.8 Å². The predicted molar refractivity (Wildman–Crippen MR) is 153 cm³/mol. The van der Waals surface area contributed by atoms with E-state index in [1.54, 1.807) is 13.2 Å². The van der Waals surface area contributed by atoms with Crippen LogP contribution in [0.1, 0.15) is 18.4 Å². The molecule has 3 aromatic heterocycles. The van der Waals surface area contributed by atoms with Crippen molar-refractivity contribution in [2.45, 2.75) is 63.5 Å². The number of urea groups is 1. The van der Waals surface area contributed by atoms with E-state index in [0.717, 1.165) is 40.6 Å². The molecular formula is C27H36F3N7O3Si. The number of carbonyl (C=O) groups is 1. The van der Waals surface area contributed by atoms with Crippen molar-refractivity contribution >= 4 is 36.8 Å². The number of halogens is 3. The van der Waals surface area contributed by atoms with Crippen LogP contribution in [-0.4, -0.2) is 70.4 Å². The number of aryl methyl sites for hydroxylation is 1. The lowest BCUT2D eigenvalue weighted by Crippen LogP contribution is -2.48. The predicted octanol–water partition coefficient (Wildman–Crippen LogP) is 4.59. The molecular weight excluding hydrogens is 555 g/mol. The second kappa shape index (κ2) is 10.8. The molecule has 222 valence electrons. The summed E-state index contributed by atoms with van der Waals surface area (Å²) in [6.07, 6.45) is 1.32. The van der Waals surface area contributed by atoms with Crippen molar-refractivity contribution in [2.24, 2.45) is 13.0 Å². The number of fused-ring (bicyclic) bond motifs is 3. The molecule has 14 heteroatoms. The molecule has 0 unspecified atom stereocenters. The van der Waals surface area contributed by atoms with Gasteiger partial charge in [-0.05, 0) is 36.9 Å². The highest BCUT2D eigenvalue weighted by Crippen LogP contribution is 2.42. The largest absolute Gasteiger partial charge is 0.417 e. The average Bonchev–Trinajstić information content (AvgIpc) is 3.61. The fourth-order valence-corrected chi connectivity index (χ4v) is 6.48. The van der Waals surface area contributed by atoms with Gasteiger partial charge in [0.1, 0.15) is 23.8 Å². The van der Waals surface area contributed by atoms with E-state index in [2.05, 4.69) is 34.8 Å². The van der Waals surface area contributed by atoms with E-state index in [4.69, 9.17) is 9.72 Å². The van der Waals surface area contributed by atoms with Crippen molar-refractivity contribution in [3.8, 4) is 0 Å². The molecule has 1 aliphatic carbocycles. The number of piperidine rings is 1. The number of pyridine rings is 1. The number of rotatable bonds is 8. The van der Waals surface area contributed by atoms with Crippen LogP contribution in [0.5, 0.6) is 0 Å². The van der Waals surface area contributed by atoms with Gasteiger partial charge in [0.2, 0.25) is 0 Å². The summed E-state index contributed by atoms with van der Waals surface area (Å²) >= 11 is 0. The molecule has 3 aromatic rings. The Bertz CT molecular complexity index is 1500. The van der Waals surface area contributed by atoms with Crippen molar-refractivity contribution in [3.05, 3.63) is 46.6 Å². The fraction of sp³-hybridized carbons (Fsp3) is 0.556. The topological polar surface area (TPSA) is 97.5 Å². The first-order chi connectivity index (χ1) is 19.2. The van der Waals surface area contributed by atoms with E-state index >= 15 is 0 Å². The first kappa shape index (κ1) is 29.1. The maximum atomic E-state index is 13.2. The highest BCUT2D eigenvalue weighted by molar-refractivity contribution is 6.76. The maximum Gasteiger partial charge on any atom is 0.417 e. The van der Waals surface area contributed by atoms with Gasteiger partial charge < -0.3 is 29.0 Å². The Hall–Kier alpha value is -3.39. The molecule has 41 heavy (non-hydrogen) atoms. The number of anilines is 2. The maximum absolute atomic E-state index is 13.2. The summed E-state index contributed by atoms with van der Waals surface area (Å²) in [6, 6.07) is 3.14. The van der Waals surface area contributed by atoms with Crippen molar-refractivity contribution in [1.82, 2.24) is 24.0 Å². The van der Waals surface area contributed by atoms with E-state index in [1.807, 2.05) is 16.8 Å². The summed E-state index contributed by atoms with van der Waals surface area (Å²) in [5.74, 6) is 0.933. The fourth-order valence-electron chi connectivity index (χ4n) is 5.73. The third-order valence-corrected chi connectivity index (χ3v) is 9.75. The first-order valence-corrected chi connectivity index (χ1v) is 17.4. The Labute approximate surface area is 237 Å². The minimum Gasteiger partial charge on any atom is -0.361 e. The van der Waals surface area contributed by atoms with Crippen LogP contribution < -0.4 is 15.8 Å². The normalized spacial score (nSPS) is 20.7. The van der Waals surface area contributed by atoms with Gasteiger partial charge in [-0.15, -0.1) is 0 Å². The third-order valence-electron chi connectivity index (χ3n) is 8.05. The lowest BCUT2D eigenvalue weighted by atomic mass is 10.0. The third kappa shape index (κ3) is 6.12. The number of carbonyl (C=O) groups excluding carboxylic acids is 1. The minimum atomic E-state index is -4.64. The highest BCUT2D eigenvalue weighted by atomic mass is 28.3. The Morgan fingerprint density at radius 3 is 2.68 bits per heavy atom. The minimum absolute atomic E-state index is 0.114. The smallest absolute Gasteiger partial charge is 0.361 e. The van der Waals surface area contributed by atoms with Gasteiger partial charge >= 0.3 is 12.2 Å². The number of amides is 2. The van der Waals surface area contributed by atoms with Gasteiger partial charge in [-0.3, -0.25) is 4.79 Å². The van der Waals surface area contributed by atoms with Crippen LogP contribution in [0.25, 0.3) is 11.2 Å². The molecule has 10 nitrogen and oxygen atoms in total. The van der Waals surface area contributed by atoms with Crippen LogP contribution in [0.3, 0.4) is 0 Å². The van der Waals surface area contributed by atoms with Gasteiger partial charge in [-0.1, -0.05) is 19.6 Å². The first-order valence-electron chi connectivity index (χ1n) is 13.7. The Balaban J connectivity index is 1.21. The van der Waals surface area contributed by atoms with E-state index in [-0.39, 0.29) is 18.0 Å². The van der Waals surface area contributed by atoms with E-state index < -0.39 is 37.1 Å². The van der Waals surface area contributed by atoms with E-state index in [0.29, 0.717) is 32.0 Å². The summed E-state index contributed by atoms with van der Waals surface area (Å²) in [4.78, 5) is 38.6. The second-order valence-electron chi connectivity index (χ2n) is 12.3. The number of ether oxygens (including phenoxy) is 1. The number of nitrogens with one attached hydrogen (secondary N) is 1. The highest BCUT2D eigenvalue weighted by Gasteiger charge is 2.47. The molecule has 2 fully saturated rings. The van der Waals surface area contributed by atoms with Crippen molar-refractivity contribution < 1.29 is 22.7 Å². The molecule has 2 bridgehead atoms. The summed E-state index contributed by atoms with van der Waals surface area (Å²) in [7, 11) is 1.68. The molecule has 1 aliphatic heterocycles. The molecule has 2 amide bonds. The molecule has 2 aliphatic rings. The molecule has 1 N–H and O–H groups in total. The Kier molecular flexibility index (Phi) is 7.66. The van der Waals surface area contributed by atoms with Crippen LogP contribution in [0.15, 0.2) is 35.5 Å². The molecule has 1 saturated heterocycles. The monoisotopic (exact) mass is 591 g/mol.